The fourth-order valence-electron chi connectivity index (χ4n) is 4.38. The van der Waals surface area contributed by atoms with Crippen LogP contribution < -0.4 is 10.2 Å². The molecule has 1 fully saturated rings. The molecule has 148 valence electrons. The molecule has 6 nitrogen and oxygen atoms in total. The summed E-state index contributed by atoms with van der Waals surface area (Å²) in [7, 11) is 1.55. The minimum Gasteiger partial charge on any atom is -0.375 e. The normalized spacial score (nSPS) is 18.1. The first kappa shape index (κ1) is 19.7. The molecular formula is C21H31N3O3. The number of ether oxygens (including phenoxy) is 1. The third-order valence-corrected chi connectivity index (χ3v) is 6.13. The predicted molar refractivity (Wildman–Crippen MR) is 106 cm³/mol. The van der Waals surface area contributed by atoms with Gasteiger partial charge in [-0.05, 0) is 37.3 Å². The number of carbonyl (C=O) groups is 2. The van der Waals surface area contributed by atoms with Crippen molar-refractivity contribution in [1.29, 1.82) is 0 Å². The van der Waals surface area contributed by atoms with Crippen LogP contribution >= 0.6 is 0 Å². The second-order valence-corrected chi connectivity index (χ2v) is 7.66. The lowest BCUT2D eigenvalue weighted by Gasteiger charge is -2.39. The van der Waals surface area contributed by atoms with Crippen LogP contribution in [-0.2, 0) is 14.9 Å². The smallest absolute Gasteiger partial charge is 0.322 e. The quantitative estimate of drug-likeness (QED) is 0.863. The first-order valence-electron chi connectivity index (χ1n) is 9.99. The average Bonchev–Trinajstić information content (AvgIpc) is 3.01. The number of piperidine rings is 1. The highest BCUT2D eigenvalue weighted by atomic mass is 16.5. The Hall–Kier alpha value is -2.08. The number of amides is 3. The lowest BCUT2D eigenvalue weighted by molar-refractivity contribution is -0.136. The van der Waals surface area contributed by atoms with E-state index in [4.69, 9.17) is 4.74 Å². The molecular weight excluding hydrogens is 342 g/mol. The maximum absolute atomic E-state index is 13.0. The first-order valence-corrected chi connectivity index (χ1v) is 9.99. The van der Waals surface area contributed by atoms with Crippen LogP contribution in [0, 0.1) is 0 Å². The van der Waals surface area contributed by atoms with Gasteiger partial charge in [-0.3, -0.25) is 9.69 Å². The van der Waals surface area contributed by atoms with E-state index in [2.05, 4.69) is 25.2 Å². The van der Waals surface area contributed by atoms with E-state index in [9.17, 15) is 9.59 Å². The second-order valence-electron chi connectivity index (χ2n) is 7.66. The summed E-state index contributed by atoms with van der Waals surface area (Å²) in [4.78, 5) is 28.9. The van der Waals surface area contributed by atoms with Crippen molar-refractivity contribution in [3.05, 3.63) is 29.8 Å². The van der Waals surface area contributed by atoms with Crippen LogP contribution in [0.25, 0.3) is 0 Å². The second kappa shape index (κ2) is 8.30. The standard InChI is InChI=1S/C21H31N3O3/c1-4-16(5-2)22-20(26)24-15-21(17-8-6-7-9-18(17)24)10-12-23(13-11-21)19(25)14-27-3/h6-9,16H,4-5,10-15H2,1-3H3,(H,22,26). The van der Waals surface area contributed by atoms with Gasteiger partial charge in [-0.2, -0.15) is 0 Å². The Kier molecular flexibility index (Phi) is 6.05. The molecule has 1 spiro atoms. The molecule has 2 heterocycles. The first-order chi connectivity index (χ1) is 13.0. The van der Waals surface area contributed by atoms with Crippen molar-refractivity contribution in [3.8, 4) is 0 Å². The number of anilines is 1. The van der Waals surface area contributed by atoms with E-state index in [0.29, 0.717) is 19.6 Å². The summed E-state index contributed by atoms with van der Waals surface area (Å²) >= 11 is 0. The Morgan fingerprint density at radius 3 is 2.48 bits per heavy atom. The molecule has 1 aromatic rings. The molecule has 0 bridgehead atoms. The zero-order valence-electron chi connectivity index (χ0n) is 16.7. The van der Waals surface area contributed by atoms with Crippen molar-refractivity contribution >= 4 is 17.6 Å². The largest absolute Gasteiger partial charge is 0.375 e. The van der Waals surface area contributed by atoms with E-state index in [1.54, 1.807) is 7.11 Å². The Bertz CT molecular complexity index is 679. The van der Waals surface area contributed by atoms with Crippen LogP contribution in [0.1, 0.15) is 45.1 Å². The third kappa shape index (κ3) is 3.81. The monoisotopic (exact) mass is 373 g/mol. The average molecular weight is 373 g/mol. The number of fused-ring (bicyclic) bond motifs is 2. The minimum atomic E-state index is -0.0638. The van der Waals surface area contributed by atoms with Gasteiger partial charge in [-0.1, -0.05) is 32.0 Å². The van der Waals surface area contributed by atoms with Crippen molar-refractivity contribution in [1.82, 2.24) is 10.2 Å². The van der Waals surface area contributed by atoms with E-state index >= 15 is 0 Å². The molecule has 27 heavy (non-hydrogen) atoms. The van der Waals surface area contributed by atoms with Crippen LogP contribution in [0.4, 0.5) is 10.5 Å². The van der Waals surface area contributed by atoms with E-state index < -0.39 is 0 Å². The van der Waals surface area contributed by atoms with Gasteiger partial charge in [0.1, 0.15) is 6.61 Å². The number of likely N-dealkylation sites (tertiary alicyclic amines) is 1. The number of urea groups is 1. The van der Waals surface area contributed by atoms with Crippen molar-refractivity contribution in [2.75, 3.05) is 38.3 Å². The topological polar surface area (TPSA) is 61.9 Å². The summed E-state index contributed by atoms with van der Waals surface area (Å²) in [6.45, 7) is 6.43. The van der Waals surface area contributed by atoms with Crippen LogP contribution in [0.3, 0.4) is 0 Å². The molecule has 2 aliphatic rings. The maximum atomic E-state index is 13.0. The van der Waals surface area contributed by atoms with E-state index in [-0.39, 0.29) is 30.0 Å². The van der Waals surface area contributed by atoms with Crippen LogP contribution in [0.5, 0.6) is 0 Å². The summed E-state index contributed by atoms with van der Waals surface area (Å²) in [6.07, 6.45) is 3.60. The molecule has 1 aromatic carbocycles. The molecule has 3 amide bonds. The number of methoxy groups -OCH3 is 1. The molecule has 3 rings (SSSR count). The van der Waals surface area contributed by atoms with Gasteiger partial charge in [0.2, 0.25) is 5.91 Å². The lowest BCUT2D eigenvalue weighted by Crippen LogP contribution is -2.50. The number of carbonyl (C=O) groups excluding carboxylic acids is 2. The van der Waals surface area contributed by atoms with Gasteiger partial charge in [0.05, 0.1) is 0 Å². The molecule has 0 radical (unpaired) electrons. The van der Waals surface area contributed by atoms with Crippen LogP contribution in [-0.4, -0.2) is 56.2 Å². The number of hydrogen-bond donors (Lipinski definition) is 1. The van der Waals surface area contributed by atoms with Crippen molar-refractivity contribution < 1.29 is 14.3 Å². The van der Waals surface area contributed by atoms with Gasteiger partial charge in [-0.25, -0.2) is 4.79 Å². The number of rotatable bonds is 5. The highest BCUT2D eigenvalue weighted by Crippen LogP contribution is 2.46. The van der Waals surface area contributed by atoms with Crippen molar-refractivity contribution in [2.24, 2.45) is 0 Å². The Labute approximate surface area is 161 Å². The summed E-state index contributed by atoms with van der Waals surface area (Å²) in [6, 6.07) is 8.42. The van der Waals surface area contributed by atoms with Crippen LogP contribution in [0.2, 0.25) is 0 Å². The van der Waals surface area contributed by atoms with E-state index in [0.717, 1.165) is 31.4 Å². The molecule has 0 aromatic heterocycles. The Morgan fingerprint density at radius 1 is 1.19 bits per heavy atom. The number of hydrogen-bond acceptors (Lipinski definition) is 3. The molecule has 1 saturated heterocycles. The van der Waals surface area contributed by atoms with Gasteiger partial charge < -0.3 is 15.0 Å². The number of nitrogens with zero attached hydrogens (tertiary/aromatic N) is 2. The highest BCUT2D eigenvalue weighted by molar-refractivity contribution is 5.95. The molecule has 0 aliphatic carbocycles. The molecule has 0 unspecified atom stereocenters. The zero-order chi connectivity index (χ0) is 19.4. The molecule has 0 saturated carbocycles. The van der Waals surface area contributed by atoms with Gasteiger partial charge in [0.15, 0.2) is 0 Å². The summed E-state index contributed by atoms with van der Waals surface area (Å²) in [5.41, 5.74) is 2.19. The number of benzene rings is 1. The molecule has 0 atom stereocenters. The fraction of sp³-hybridized carbons (Fsp3) is 0.619. The molecule has 1 N–H and O–H groups in total. The Morgan fingerprint density at radius 2 is 1.85 bits per heavy atom. The maximum Gasteiger partial charge on any atom is 0.322 e. The van der Waals surface area contributed by atoms with Crippen molar-refractivity contribution in [3.63, 3.8) is 0 Å². The van der Waals surface area contributed by atoms with Gasteiger partial charge >= 0.3 is 6.03 Å². The number of nitrogens with one attached hydrogen (secondary N) is 1. The number of para-hydroxylation sites is 1. The molecule has 6 heteroatoms. The van der Waals surface area contributed by atoms with Gasteiger partial charge in [0, 0.05) is 43.9 Å². The van der Waals surface area contributed by atoms with Gasteiger partial charge in [-0.15, -0.1) is 0 Å². The summed E-state index contributed by atoms with van der Waals surface area (Å²) < 4.78 is 4.98. The summed E-state index contributed by atoms with van der Waals surface area (Å²) in [5, 5.41) is 3.17. The predicted octanol–water partition coefficient (Wildman–Crippen LogP) is 2.91. The minimum absolute atomic E-state index is 0.00841. The van der Waals surface area contributed by atoms with Gasteiger partial charge in [0.25, 0.3) is 0 Å². The Balaban J connectivity index is 1.77. The van der Waals surface area contributed by atoms with E-state index in [1.165, 1.54) is 5.56 Å². The summed E-state index contributed by atoms with van der Waals surface area (Å²) in [5.74, 6) is 0.0435. The molecule has 2 aliphatic heterocycles. The SMILES string of the molecule is CCC(CC)NC(=O)N1CC2(CCN(C(=O)COC)CC2)c2ccccc21. The lowest BCUT2D eigenvalue weighted by atomic mass is 9.74. The van der Waals surface area contributed by atoms with Crippen molar-refractivity contribution in [2.45, 2.75) is 51.0 Å². The highest BCUT2D eigenvalue weighted by Gasteiger charge is 2.46. The van der Waals surface area contributed by atoms with E-state index in [1.807, 2.05) is 28.0 Å². The van der Waals surface area contributed by atoms with Crippen LogP contribution in [0.15, 0.2) is 24.3 Å². The zero-order valence-corrected chi connectivity index (χ0v) is 16.7. The third-order valence-electron chi connectivity index (χ3n) is 6.13. The fourth-order valence-corrected chi connectivity index (χ4v) is 4.38.